The van der Waals surface area contributed by atoms with E-state index >= 15 is 0 Å². The molecule has 0 aliphatic carbocycles. The molecule has 3 aromatic heterocycles. The summed E-state index contributed by atoms with van der Waals surface area (Å²) in [6.07, 6.45) is 10.5. The Kier molecular flexibility index (Phi) is 5.45. The number of thiazole rings is 1. The Balaban J connectivity index is 1.45. The molecular weight excluding hydrogens is 374 g/mol. The third-order valence-electron chi connectivity index (χ3n) is 5.24. The van der Waals surface area contributed by atoms with Crippen molar-refractivity contribution in [3.63, 3.8) is 0 Å². The van der Waals surface area contributed by atoms with Gasteiger partial charge < -0.3 is 9.80 Å². The van der Waals surface area contributed by atoms with Crippen molar-refractivity contribution in [2.45, 2.75) is 25.8 Å². The number of carbonyl (C=O) groups is 1. The minimum absolute atomic E-state index is 0.0127. The fourth-order valence-corrected chi connectivity index (χ4v) is 4.23. The molecule has 1 aliphatic rings. The summed E-state index contributed by atoms with van der Waals surface area (Å²) in [5.74, 6) is -0.0127. The van der Waals surface area contributed by atoms with Crippen LogP contribution in [-0.2, 0) is 0 Å². The quantitative estimate of drug-likeness (QED) is 0.657. The van der Waals surface area contributed by atoms with E-state index in [1.807, 2.05) is 23.5 Å². The third-order valence-corrected chi connectivity index (χ3v) is 6.13. The minimum Gasteiger partial charge on any atom is -0.337 e. The van der Waals surface area contributed by atoms with Crippen LogP contribution in [0, 0.1) is 0 Å². The van der Waals surface area contributed by atoms with Crippen LogP contribution >= 0.6 is 11.3 Å². The van der Waals surface area contributed by atoms with Crippen LogP contribution in [0.2, 0.25) is 0 Å². The zero-order chi connectivity index (χ0) is 19.5. The van der Waals surface area contributed by atoms with Crippen molar-refractivity contribution in [3.05, 3.63) is 42.2 Å². The fourth-order valence-electron chi connectivity index (χ4n) is 3.46. The number of amides is 1. The van der Waals surface area contributed by atoms with Gasteiger partial charge in [0, 0.05) is 43.3 Å². The van der Waals surface area contributed by atoms with Crippen LogP contribution in [0.15, 0.2) is 36.5 Å². The van der Waals surface area contributed by atoms with Gasteiger partial charge in [0.05, 0.1) is 18.6 Å². The number of aromatic nitrogens is 5. The Morgan fingerprint density at radius 3 is 2.71 bits per heavy atom. The normalized spacial score (nSPS) is 15.6. The Hall–Kier alpha value is -2.65. The highest BCUT2D eigenvalue weighted by molar-refractivity contribution is 7.13. The van der Waals surface area contributed by atoms with Gasteiger partial charge in [0.25, 0.3) is 5.91 Å². The van der Waals surface area contributed by atoms with Gasteiger partial charge in [-0.15, -0.1) is 11.3 Å². The predicted molar refractivity (Wildman–Crippen MR) is 107 cm³/mol. The van der Waals surface area contributed by atoms with Crippen molar-refractivity contribution in [2.24, 2.45) is 0 Å². The molecule has 0 radical (unpaired) electrons. The average molecular weight is 398 g/mol. The number of rotatable bonds is 5. The minimum atomic E-state index is -0.0127. The van der Waals surface area contributed by atoms with Crippen molar-refractivity contribution in [2.75, 3.05) is 26.7 Å². The Labute approximate surface area is 167 Å². The third kappa shape index (κ3) is 3.81. The maximum atomic E-state index is 12.9. The molecule has 3 aromatic rings. The first-order valence-electron chi connectivity index (χ1n) is 9.41. The van der Waals surface area contributed by atoms with Gasteiger partial charge in [0.15, 0.2) is 0 Å². The molecule has 0 atom stereocenters. The maximum absolute atomic E-state index is 12.9. The molecule has 0 spiro atoms. The van der Waals surface area contributed by atoms with Gasteiger partial charge >= 0.3 is 0 Å². The molecule has 146 valence electrons. The molecule has 0 saturated carbocycles. The molecule has 1 fully saturated rings. The van der Waals surface area contributed by atoms with E-state index in [4.69, 9.17) is 0 Å². The summed E-state index contributed by atoms with van der Waals surface area (Å²) in [6, 6.07) is 0.279. The molecule has 1 amide bonds. The van der Waals surface area contributed by atoms with E-state index in [0.29, 0.717) is 5.69 Å². The zero-order valence-corrected chi connectivity index (χ0v) is 16.8. The highest BCUT2D eigenvalue weighted by Crippen LogP contribution is 2.25. The molecule has 4 heterocycles. The molecule has 1 aliphatic heterocycles. The van der Waals surface area contributed by atoms with E-state index in [-0.39, 0.29) is 11.9 Å². The van der Waals surface area contributed by atoms with Crippen LogP contribution in [0.3, 0.4) is 0 Å². The second-order valence-corrected chi connectivity index (χ2v) is 7.75. The number of hydrogen-bond acceptors (Lipinski definition) is 7. The first-order chi connectivity index (χ1) is 13.7. The molecule has 0 unspecified atom stereocenters. The summed E-state index contributed by atoms with van der Waals surface area (Å²) in [7, 11) is 1.89. The number of carbonyl (C=O) groups excluding carboxylic acids is 1. The largest absolute Gasteiger partial charge is 0.337 e. The van der Waals surface area contributed by atoms with Crippen LogP contribution in [0.5, 0.6) is 0 Å². The molecule has 1 saturated heterocycles. The van der Waals surface area contributed by atoms with Gasteiger partial charge in [-0.1, -0.05) is 6.92 Å². The van der Waals surface area contributed by atoms with Crippen LogP contribution in [-0.4, -0.2) is 73.2 Å². The Morgan fingerprint density at radius 2 is 2.00 bits per heavy atom. The lowest BCUT2D eigenvalue weighted by atomic mass is 10.0. The van der Waals surface area contributed by atoms with Gasteiger partial charge in [0.1, 0.15) is 22.7 Å². The van der Waals surface area contributed by atoms with Gasteiger partial charge in [-0.25, -0.2) is 19.6 Å². The average Bonchev–Trinajstić information content (AvgIpc) is 3.43. The summed E-state index contributed by atoms with van der Waals surface area (Å²) in [5, 5.41) is 6.95. The summed E-state index contributed by atoms with van der Waals surface area (Å²) in [4.78, 5) is 29.7. The monoisotopic (exact) mass is 397 g/mol. The van der Waals surface area contributed by atoms with Gasteiger partial charge in [-0.05, 0) is 19.4 Å². The Morgan fingerprint density at radius 1 is 1.25 bits per heavy atom. The smallest absolute Gasteiger partial charge is 0.273 e. The summed E-state index contributed by atoms with van der Waals surface area (Å²) < 4.78 is 1.70. The molecule has 28 heavy (non-hydrogen) atoms. The first-order valence-corrected chi connectivity index (χ1v) is 10.3. The Bertz CT molecular complexity index is 931. The molecule has 0 N–H and O–H groups in total. The lowest BCUT2D eigenvalue weighted by Gasteiger charge is -2.36. The van der Waals surface area contributed by atoms with Gasteiger partial charge in [-0.2, -0.15) is 5.10 Å². The summed E-state index contributed by atoms with van der Waals surface area (Å²) >= 11 is 1.46. The van der Waals surface area contributed by atoms with E-state index in [2.05, 4.69) is 31.9 Å². The zero-order valence-electron chi connectivity index (χ0n) is 16.0. The maximum Gasteiger partial charge on any atom is 0.273 e. The molecule has 8 nitrogen and oxygen atoms in total. The van der Waals surface area contributed by atoms with E-state index in [1.54, 1.807) is 23.3 Å². The lowest BCUT2D eigenvalue weighted by Crippen LogP contribution is -2.45. The van der Waals surface area contributed by atoms with Crippen molar-refractivity contribution in [1.82, 2.24) is 34.5 Å². The van der Waals surface area contributed by atoms with E-state index < -0.39 is 0 Å². The summed E-state index contributed by atoms with van der Waals surface area (Å²) in [6.45, 7) is 5.34. The molecule has 9 heteroatoms. The van der Waals surface area contributed by atoms with Crippen LogP contribution in [0.25, 0.3) is 16.3 Å². The first kappa shape index (κ1) is 18.7. The molecule has 0 bridgehead atoms. The van der Waals surface area contributed by atoms with Crippen LogP contribution in [0.1, 0.15) is 30.3 Å². The van der Waals surface area contributed by atoms with E-state index in [0.717, 1.165) is 48.7 Å². The predicted octanol–water partition coefficient (Wildman–Crippen LogP) is 2.34. The highest BCUT2D eigenvalue weighted by atomic mass is 32.1. The second kappa shape index (κ2) is 8.15. The van der Waals surface area contributed by atoms with Gasteiger partial charge in [0.2, 0.25) is 0 Å². The molecular formula is C19H23N7OS. The van der Waals surface area contributed by atoms with Crippen molar-refractivity contribution < 1.29 is 4.79 Å². The fraction of sp³-hybridized carbons (Fsp3) is 0.421. The van der Waals surface area contributed by atoms with Crippen LogP contribution in [0.4, 0.5) is 0 Å². The molecule has 0 aromatic carbocycles. The standard InChI is InChI=1S/C19H23N7OS/c1-3-25-6-4-15(5-7-25)24(2)19(27)17-12-28-18(23-17)14-8-22-26(11-14)16-9-20-13-21-10-16/h8-13,15H,3-7H2,1-2H3. The topological polar surface area (TPSA) is 80.0 Å². The molecule has 4 rings (SSSR count). The SMILES string of the molecule is CCN1CCC(N(C)C(=O)c2csc(-c3cnn(-c4cncnc4)c3)n2)CC1. The van der Waals surface area contributed by atoms with Crippen LogP contribution < -0.4 is 0 Å². The van der Waals surface area contributed by atoms with E-state index in [9.17, 15) is 4.79 Å². The van der Waals surface area contributed by atoms with Gasteiger partial charge in [-0.3, -0.25) is 4.79 Å². The van der Waals surface area contributed by atoms with Crippen molar-refractivity contribution >= 4 is 17.2 Å². The van der Waals surface area contributed by atoms with E-state index in [1.165, 1.54) is 17.7 Å². The van der Waals surface area contributed by atoms with Crippen molar-refractivity contribution in [1.29, 1.82) is 0 Å². The summed E-state index contributed by atoms with van der Waals surface area (Å²) in [5.41, 5.74) is 2.14. The number of nitrogens with zero attached hydrogens (tertiary/aromatic N) is 7. The second-order valence-electron chi connectivity index (χ2n) is 6.89. The highest BCUT2D eigenvalue weighted by Gasteiger charge is 2.26. The number of likely N-dealkylation sites (tertiary alicyclic amines) is 1. The number of piperidine rings is 1. The lowest BCUT2D eigenvalue weighted by molar-refractivity contribution is 0.0642. The van der Waals surface area contributed by atoms with Crippen molar-refractivity contribution in [3.8, 4) is 16.3 Å². The number of hydrogen-bond donors (Lipinski definition) is 0.